The average Bonchev–Trinajstić information content (AvgIpc) is 1.27. The van der Waals surface area contributed by atoms with Crippen LogP contribution in [0.5, 0.6) is 0 Å². The molecule has 3 N–H and O–H groups in total. The molecule has 0 aliphatic carbocycles. The van der Waals surface area contributed by atoms with Crippen LogP contribution in [0.4, 0.5) is 0 Å². The summed E-state index contributed by atoms with van der Waals surface area (Å²) in [4.78, 5) is 0. The van der Waals surface area contributed by atoms with Gasteiger partial charge in [0.25, 0.3) is 0 Å². The third kappa shape index (κ3) is 245. The van der Waals surface area contributed by atoms with Crippen LogP contribution in [0, 0.1) is 0 Å². The van der Waals surface area contributed by atoms with Crippen molar-refractivity contribution >= 4 is 10.4 Å². The Morgan fingerprint density at radius 2 is 1.44 bits per heavy atom. The van der Waals surface area contributed by atoms with Crippen LogP contribution in [0.3, 0.4) is 0 Å². The van der Waals surface area contributed by atoms with Crippen molar-refractivity contribution < 1.29 is 75.4 Å². The van der Waals surface area contributed by atoms with Crippen molar-refractivity contribution in [3.63, 3.8) is 0 Å². The fraction of sp³-hybridized carbons (Fsp3) is 1.00. The zero-order valence-corrected chi connectivity index (χ0v) is 9.21. The maximum absolute atomic E-state index is 8.74. The molecule has 0 bridgehead atoms. The summed E-state index contributed by atoms with van der Waals surface area (Å²) < 4.78 is 31.6. The van der Waals surface area contributed by atoms with Crippen molar-refractivity contribution in [1.29, 1.82) is 0 Å². The van der Waals surface area contributed by atoms with E-state index in [0.29, 0.717) is 0 Å². The first kappa shape index (κ1) is 16.8. The summed E-state index contributed by atoms with van der Waals surface area (Å²) in [7, 11) is -4.67. The van der Waals surface area contributed by atoms with Crippen molar-refractivity contribution in [3.05, 3.63) is 0 Å². The van der Waals surface area contributed by atoms with Gasteiger partial charge in [-0.3, -0.25) is 9.11 Å². The van der Waals surface area contributed by atoms with Gasteiger partial charge in [-0.1, -0.05) is 0 Å². The Bertz CT molecular complexity index is 114. The molecule has 7 heteroatoms. The number of aliphatic hydroxyl groups is 1. The molecule has 0 atom stereocenters. The van der Waals surface area contributed by atoms with Crippen LogP contribution in [-0.4, -0.2) is 29.2 Å². The van der Waals surface area contributed by atoms with Crippen LogP contribution in [-0.2, 0) is 10.4 Å². The molecule has 9 heavy (non-hydrogen) atoms. The zero-order valence-electron chi connectivity index (χ0n) is 6.27. The smallest absolute Gasteiger partial charge is 1.00 e. The monoisotopic (exact) mass is 184 g/mol. The molecule has 0 aliphatic rings. The second-order valence-electron chi connectivity index (χ2n) is 0.764. The molecule has 0 amide bonds. The van der Waals surface area contributed by atoms with Gasteiger partial charge in [-0.25, -0.2) is 0 Å². The Balaban J connectivity index is -0.0000000326. The number of aliphatic hydroxyl groups excluding tert-OH is 1. The molecule has 0 aromatic carbocycles. The van der Waals surface area contributed by atoms with E-state index in [4.69, 9.17) is 22.6 Å². The van der Waals surface area contributed by atoms with E-state index in [1.54, 1.807) is 6.92 Å². The molecule has 0 aromatic rings. The Morgan fingerprint density at radius 3 is 1.44 bits per heavy atom. The van der Waals surface area contributed by atoms with E-state index in [-0.39, 0.29) is 59.4 Å². The summed E-state index contributed by atoms with van der Waals surface area (Å²) in [5.74, 6) is 0. The zero-order chi connectivity index (χ0) is 7.21. The summed E-state index contributed by atoms with van der Waals surface area (Å²) in [5.41, 5.74) is 0. The molecule has 0 radical (unpaired) electrons. The van der Waals surface area contributed by atoms with Gasteiger partial charge < -0.3 is 6.53 Å². The van der Waals surface area contributed by atoms with Gasteiger partial charge in [0.1, 0.15) is 0 Å². The quantitative estimate of drug-likeness (QED) is 0.268. The molecule has 0 spiro atoms. The molecule has 54 valence electrons. The first-order valence-electron chi connectivity index (χ1n) is 1.72. The van der Waals surface area contributed by atoms with E-state index >= 15 is 0 Å². The normalized spacial score (nSPS) is 8.44. The summed E-state index contributed by atoms with van der Waals surface area (Å²) in [5, 5.41) is 7.57. The molecule has 0 aliphatic heterocycles. The van der Waals surface area contributed by atoms with Gasteiger partial charge in [0, 0.05) is 6.61 Å². The molecule has 0 unspecified atom stereocenters. The maximum atomic E-state index is 8.74. The molecule has 0 rings (SSSR count). The summed E-state index contributed by atoms with van der Waals surface area (Å²) in [6.45, 7) is 1.93. The molecule has 0 saturated heterocycles. The molecular formula is C2H9KO5S. The van der Waals surface area contributed by atoms with Gasteiger partial charge >= 0.3 is 61.8 Å². The fourth-order valence-corrected chi connectivity index (χ4v) is 0. The summed E-state index contributed by atoms with van der Waals surface area (Å²) >= 11 is 0. The van der Waals surface area contributed by atoms with Crippen LogP contribution < -0.4 is 51.4 Å². The van der Waals surface area contributed by atoms with Gasteiger partial charge in [0.05, 0.1) is 0 Å². The van der Waals surface area contributed by atoms with Gasteiger partial charge in [-0.2, -0.15) is 8.42 Å². The second kappa shape index (κ2) is 9.47. The first-order chi connectivity index (χ1) is 3.41. The third-order valence-corrected chi connectivity index (χ3v) is 0. The van der Waals surface area contributed by atoms with E-state index in [2.05, 4.69) is 0 Å². The van der Waals surface area contributed by atoms with E-state index in [1.165, 1.54) is 0 Å². The van der Waals surface area contributed by atoms with E-state index in [1.807, 2.05) is 0 Å². The van der Waals surface area contributed by atoms with Crippen LogP contribution in [0.1, 0.15) is 8.35 Å². The number of hydrogen-bond donors (Lipinski definition) is 3. The fourth-order valence-electron chi connectivity index (χ4n) is 0. The third-order valence-electron chi connectivity index (χ3n) is 0. The largest absolute Gasteiger partial charge is 1.00 e. The van der Waals surface area contributed by atoms with Crippen molar-refractivity contribution in [2.45, 2.75) is 6.92 Å². The van der Waals surface area contributed by atoms with Crippen LogP contribution in [0.15, 0.2) is 0 Å². The van der Waals surface area contributed by atoms with Crippen molar-refractivity contribution in [3.8, 4) is 0 Å². The summed E-state index contributed by atoms with van der Waals surface area (Å²) in [6, 6.07) is 0. The van der Waals surface area contributed by atoms with Gasteiger partial charge in [0.15, 0.2) is 0 Å². The first-order valence-corrected chi connectivity index (χ1v) is 3.12. The molecule has 5 nitrogen and oxygen atoms in total. The van der Waals surface area contributed by atoms with Crippen molar-refractivity contribution in [2.75, 3.05) is 6.61 Å². The summed E-state index contributed by atoms with van der Waals surface area (Å²) in [6.07, 6.45) is 0. The molecular weight excluding hydrogens is 175 g/mol. The maximum Gasteiger partial charge on any atom is 1.00 e. The minimum atomic E-state index is -4.67. The molecule has 0 heterocycles. The standard InChI is InChI=1S/C2H6O.K.H2O4S.H/c1-2-3;;1-5(2,3)4;/h3H,2H2,1H3;;(H2,1,2,3,4);/q;+1;;-1. The van der Waals surface area contributed by atoms with Crippen LogP contribution in [0.2, 0.25) is 0 Å². The Labute approximate surface area is 97.9 Å². The molecule has 0 fully saturated rings. The molecule has 0 saturated carbocycles. The van der Waals surface area contributed by atoms with E-state index in [0.717, 1.165) is 0 Å². The predicted molar refractivity (Wildman–Crippen MR) is 28.0 cm³/mol. The Kier molecular flexibility index (Phi) is 17.7. The number of rotatable bonds is 0. The van der Waals surface area contributed by atoms with Crippen LogP contribution >= 0.6 is 0 Å². The molecule has 0 aromatic heterocycles. The van der Waals surface area contributed by atoms with E-state index < -0.39 is 10.4 Å². The van der Waals surface area contributed by atoms with Crippen LogP contribution in [0.25, 0.3) is 0 Å². The Hall–Kier alpha value is 1.47. The topological polar surface area (TPSA) is 94.8 Å². The predicted octanol–water partition coefficient (Wildman–Crippen LogP) is -3.54. The van der Waals surface area contributed by atoms with Gasteiger partial charge in [-0.15, -0.1) is 0 Å². The SMILES string of the molecule is CCO.O=S(=O)(O)O.[H-].[K+]. The van der Waals surface area contributed by atoms with Crippen molar-refractivity contribution in [2.24, 2.45) is 0 Å². The van der Waals surface area contributed by atoms with Gasteiger partial charge in [0.2, 0.25) is 0 Å². The second-order valence-corrected chi connectivity index (χ2v) is 1.66. The number of hydrogen-bond acceptors (Lipinski definition) is 3. The Morgan fingerprint density at radius 1 is 1.44 bits per heavy atom. The average molecular weight is 184 g/mol. The van der Waals surface area contributed by atoms with E-state index in [9.17, 15) is 0 Å². The minimum absolute atomic E-state index is 0. The van der Waals surface area contributed by atoms with Gasteiger partial charge in [-0.05, 0) is 6.92 Å². The minimum Gasteiger partial charge on any atom is -1.00 e. The van der Waals surface area contributed by atoms with Crippen molar-refractivity contribution in [1.82, 2.24) is 0 Å².